The molecule has 88 valence electrons. The van der Waals surface area contributed by atoms with E-state index >= 15 is 0 Å². The molecule has 0 radical (unpaired) electrons. The van der Waals surface area contributed by atoms with Crippen LogP contribution in [-0.4, -0.2) is 35.4 Å². The number of aliphatic carboxylic acids is 1. The predicted molar refractivity (Wildman–Crippen MR) is 57.9 cm³/mol. The molecule has 0 amide bonds. The van der Waals surface area contributed by atoms with Crippen molar-refractivity contribution in [1.82, 2.24) is 5.32 Å². The molecule has 0 aromatic rings. The molecule has 3 atom stereocenters. The van der Waals surface area contributed by atoms with Crippen LogP contribution in [-0.2, 0) is 9.53 Å². The van der Waals surface area contributed by atoms with Crippen LogP contribution in [0.15, 0.2) is 0 Å². The first kappa shape index (κ1) is 12.5. The second-order valence-corrected chi connectivity index (χ2v) is 4.50. The van der Waals surface area contributed by atoms with Crippen molar-refractivity contribution in [3.8, 4) is 0 Å². The number of carboxylic acid groups (broad SMARTS) is 1. The van der Waals surface area contributed by atoms with Crippen LogP contribution < -0.4 is 5.32 Å². The third-order valence-corrected chi connectivity index (χ3v) is 3.10. The van der Waals surface area contributed by atoms with Crippen LogP contribution in [0.4, 0.5) is 0 Å². The first-order valence-corrected chi connectivity index (χ1v) is 5.62. The van der Waals surface area contributed by atoms with E-state index in [1.807, 2.05) is 13.8 Å². The zero-order valence-electron chi connectivity index (χ0n) is 9.75. The molecule has 1 fully saturated rings. The van der Waals surface area contributed by atoms with Gasteiger partial charge in [0.2, 0.25) is 0 Å². The molecule has 1 aliphatic heterocycles. The van der Waals surface area contributed by atoms with Crippen LogP contribution in [0.5, 0.6) is 0 Å². The largest absolute Gasteiger partial charge is 0.480 e. The lowest BCUT2D eigenvalue weighted by atomic mass is 9.94. The SMILES string of the molecule is CCCC(C)(NC1CCOC1C)C(=O)O. The Balaban J connectivity index is 2.61. The van der Waals surface area contributed by atoms with E-state index in [0.29, 0.717) is 6.42 Å². The van der Waals surface area contributed by atoms with Gasteiger partial charge in [-0.2, -0.15) is 0 Å². The lowest BCUT2D eigenvalue weighted by Crippen LogP contribution is -2.55. The van der Waals surface area contributed by atoms with Gasteiger partial charge in [0.25, 0.3) is 0 Å². The maximum absolute atomic E-state index is 11.2. The number of nitrogens with one attached hydrogen (secondary N) is 1. The molecule has 0 aliphatic carbocycles. The first-order valence-electron chi connectivity index (χ1n) is 5.62. The Kier molecular flexibility index (Phi) is 4.11. The van der Waals surface area contributed by atoms with Crippen molar-refractivity contribution in [2.45, 2.75) is 57.7 Å². The Bertz CT molecular complexity index is 232. The highest BCUT2D eigenvalue weighted by atomic mass is 16.5. The van der Waals surface area contributed by atoms with E-state index in [0.717, 1.165) is 19.4 Å². The highest BCUT2D eigenvalue weighted by Crippen LogP contribution is 2.20. The number of rotatable bonds is 5. The molecule has 3 unspecified atom stereocenters. The first-order chi connectivity index (χ1) is 6.99. The number of carboxylic acids is 1. The summed E-state index contributed by atoms with van der Waals surface area (Å²) in [6.45, 7) is 6.46. The van der Waals surface area contributed by atoms with Gasteiger partial charge in [-0.1, -0.05) is 13.3 Å². The summed E-state index contributed by atoms with van der Waals surface area (Å²) >= 11 is 0. The molecule has 1 rings (SSSR count). The highest BCUT2D eigenvalue weighted by molar-refractivity contribution is 5.78. The summed E-state index contributed by atoms with van der Waals surface area (Å²) in [7, 11) is 0. The predicted octanol–water partition coefficient (Wildman–Crippen LogP) is 1.40. The van der Waals surface area contributed by atoms with Gasteiger partial charge in [-0.05, 0) is 26.7 Å². The molecule has 1 saturated heterocycles. The average Bonchev–Trinajstić information content (AvgIpc) is 2.52. The van der Waals surface area contributed by atoms with Crippen LogP contribution in [0.25, 0.3) is 0 Å². The zero-order chi connectivity index (χ0) is 11.5. The van der Waals surface area contributed by atoms with Gasteiger partial charge in [-0.3, -0.25) is 10.1 Å². The molecule has 15 heavy (non-hydrogen) atoms. The van der Waals surface area contributed by atoms with E-state index in [4.69, 9.17) is 4.74 Å². The van der Waals surface area contributed by atoms with Crippen molar-refractivity contribution < 1.29 is 14.6 Å². The Morgan fingerprint density at radius 2 is 2.33 bits per heavy atom. The lowest BCUT2D eigenvalue weighted by molar-refractivity contribution is -0.145. The van der Waals surface area contributed by atoms with Crippen molar-refractivity contribution in [3.05, 3.63) is 0 Å². The molecule has 4 heteroatoms. The summed E-state index contributed by atoms with van der Waals surface area (Å²) in [4.78, 5) is 11.2. The molecule has 4 nitrogen and oxygen atoms in total. The standard InChI is InChI=1S/C11H21NO3/c1-4-6-11(3,10(13)14)12-9-5-7-15-8(9)2/h8-9,12H,4-7H2,1-3H3,(H,13,14). The monoisotopic (exact) mass is 215 g/mol. The fraction of sp³-hybridized carbons (Fsp3) is 0.909. The number of carbonyl (C=O) groups is 1. The summed E-state index contributed by atoms with van der Waals surface area (Å²) in [6, 6.07) is 0.164. The van der Waals surface area contributed by atoms with Crippen LogP contribution in [0.3, 0.4) is 0 Å². The molecule has 0 aromatic heterocycles. The van der Waals surface area contributed by atoms with Crippen LogP contribution in [0, 0.1) is 0 Å². The van der Waals surface area contributed by atoms with Gasteiger partial charge in [-0.25, -0.2) is 0 Å². The minimum atomic E-state index is -0.818. The zero-order valence-corrected chi connectivity index (χ0v) is 9.75. The second kappa shape index (κ2) is 4.94. The number of hydrogen-bond donors (Lipinski definition) is 2. The highest BCUT2D eigenvalue weighted by Gasteiger charge is 2.37. The molecule has 0 saturated carbocycles. The Morgan fingerprint density at radius 3 is 2.73 bits per heavy atom. The van der Waals surface area contributed by atoms with Crippen LogP contribution in [0.1, 0.15) is 40.0 Å². The lowest BCUT2D eigenvalue weighted by Gasteiger charge is -2.30. The molecule has 2 N–H and O–H groups in total. The van der Waals surface area contributed by atoms with Gasteiger partial charge >= 0.3 is 5.97 Å². The van der Waals surface area contributed by atoms with Gasteiger partial charge in [0.05, 0.1) is 6.10 Å². The van der Waals surface area contributed by atoms with E-state index in [-0.39, 0.29) is 12.1 Å². The van der Waals surface area contributed by atoms with E-state index in [1.54, 1.807) is 6.92 Å². The molecular formula is C11H21NO3. The van der Waals surface area contributed by atoms with Gasteiger partial charge < -0.3 is 9.84 Å². The van der Waals surface area contributed by atoms with Gasteiger partial charge in [0, 0.05) is 12.6 Å². The Labute approximate surface area is 91.0 Å². The Morgan fingerprint density at radius 1 is 1.67 bits per heavy atom. The summed E-state index contributed by atoms with van der Waals surface area (Å²) in [5.41, 5.74) is -0.818. The average molecular weight is 215 g/mol. The topological polar surface area (TPSA) is 58.6 Å². The Hall–Kier alpha value is -0.610. The van der Waals surface area contributed by atoms with Crippen molar-refractivity contribution in [1.29, 1.82) is 0 Å². The fourth-order valence-corrected chi connectivity index (χ4v) is 2.07. The summed E-state index contributed by atoms with van der Waals surface area (Å²) in [6.07, 6.45) is 2.51. The molecular weight excluding hydrogens is 194 g/mol. The quantitative estimate of drug-likeness (QED) is 0.727. The molecule has 1 aliphatic rings. The maximum atomic E-state index is 11.2. The molecule has 0 bridgehead atoms. The third kappa shape index (κ3) is 2.92. The molecule has 0 spiro atoms. The summed E-state index contributed by atoms with van der Waals surface area (Å²) in [5.74, 6) is -0.775. The van der Waals surface area contributed by atoms with E-state index in [2.05, 4.69) is 5.32 Å². The molecule has 1 heterocycles. The fourth-order valence-electron chi connectivity index (χ4n) is 2.07. The summed E-state index contributed by atoms with van der Waals surface area (Å²) < 4.78 is 5.41. The minimum Gasteiger partial charge on any atom is -0.480 e. The van der Waals surface area contributed by atoms with Crippen molar-refractivity contribution >= 4 is 5.97 Å². The number of ether oxygens (including phenoxy) is 1. The summed E-state index contributed by atoms with van der Waals surface area (Å²) in [5, 5.41) is 12.4. The van der Waals surface area contributed by atoms with E-state index in [1.165, 1.54) is 0 Å². The minimum absolute atomic E-state index is 0.112. The van der Waals surface area contributed by atoms with Crippen molar-refractivity contribution in [3.63, 3.8) is 0 Å². The van der Waals surface area contributed by atoms with Gasteiger partial charge in [-0.15, -0.1) is 0 Å². The normalized spacial score (nSPS) is 30.1. The van der Waals surface area contributed by atoms with E-state index < -0.39 is 11.5 Å². The maximum Gasteiger partial charge on any atom is 0.323 e. The van der Waals surface area contributed by atoms with Crippen molar-refractivity contribution in [2.75, 3.05) is 6.61 Å². The molecule has 0 aromatic carbocycles. The van der Waals surface area contributed by atoms with Gasteiger partial charge in [0.15, 0.2) is 0 Å². The smallest absolute Gasteiger partial charge is 0.323 e. The third-order valence-electron chi connectivity index (χ3n) is 3.10. The van der Waals surface area contributed by atoms with Crippen LogP contribution >= 0.6 is 0 Å². The van der Waals surface area contributed by atoms with Crippen molar-refractivity contribution in [2.24, 2.45) is 0 Å². The second-order valence-electron chi connectivity index (χ2n) is 4.50. The number of hydrogen-bond acceptors (Lipinski definition) is 3. The van der Waals surface area contributed by atoms with Crippen LogP contribution in [0.2, 0.25) is 0 Å². The van der Waals surface area contributed by atoms with Gasteiger partial charge in [0.1, 0.15) is 5.54 Å². The van der Waals surface area contributed by atoms with E-state index in [9.17, 15) is 9.90 Å².